The maximum absolute atomic E-state index is 12.7. The van der Waals surface area contributed by atoms with Gasteiger partial charge < -0.3 is 15.3 Å². The molecule has 2 saturated heterocycles. The van der Waals surface area contributed by atoms with E-state index in [1.807, 2.05) is 0 Å². The van der Waals surface area contributed by atoms with Gasteiger partial charge in [0.25, 0.3) is 5.91 Å². The van der Waals surface area contributed by atoms with E-state index in [0.717, 1.165) is 38.2 Å². The van der Waals surface area contributed by atoms with Crippen LogP contribution in [0, 0.1) is 0 Å². The lowest BCUT2D eigenvalue weighted by atomic mass is 10.1. The molecule has 0 spiro atoms. The number of carbonyl (C=O) groups is 1. The molecule has 4 heterocycles. The summed E-state index contributed by atoms with van der Waals surface area (Å²) in [5.41, 5.74) is 1.94. The average molecular weight is 344 g/mol. The van der Waals surface area contributed by atoms with Gasteiger partial charge in [-0.15, -0.1) is 0 Å². The van der Waals surface area contributed by atoms with Crippen LogP contribution in [0.2, 0.25) is 0 Å². The molecule has 8 nitrogen and oxygen atoms in total. The Morgan fingerprint density at radius 3 is 3.08 bits per heavy atom. The number of aliphatic hydroxyl groups is 1. The Kier molecular flexibility index (Phi) is 4.41. The Labute approximate surface area is 146 Å². The van der Waals surface area contributed by atoms with Gasteiger partial charge in [-0.3, -0.25) is 9.69 Å². The fourth-order valence-electron chi connectivity index (χ4n) is 3.90. The quantitative estimate of drug-likeness (QED) is 0.769. The molecule has 2 aromatic rings. The molecular formula is C17H24N6O2. The maximum atomic E-state index is 12.7. The molecule has 2 aliphatic rings. The summed E-state index contributed by atoms with van der Waals surface area (Å²) in [4.78, 5) is 21.9. The molecule has 2 aliphatic heterocycles. The second-order valence-electron chi connectivity index (χ2n) is 7.08. The van der Waals surface area contributed by atoms with Crippen LogP contribution in [0.4, 0.5) is 0 Å². The SMILES string of the molecule is CN1CCN2C[C@@H](NC(=O)c3cnn4cc(CCO)cnc34)C[C@H]2C1. The zero-order valence-electron chi connectivity index (χ0n) is 14.4. The van der Waals surface area contributed by atoms with E-state index in [2.05, 4.69) is 32.2 Å². The molecular weight excluding hydrogens is 320 g/mol. The zero-order chi connectivity index (χ0) is 17.4. The van der Waals surface area contributed by atoms with E-state index in [4.69, 9.17) is 5.11 Å². The molecule has 0 aromatic carbocycles. The number of amides is 1. The van der Waals surface area contributed by atoms with Crippen LogP contribution < -0.4 is 5.32 Å². The number of likely N-dealkylation sites (N-methyl/N-ethyl adjacent to an activating group) is 1. The number of carbonyl (C=O) groups excluding carboxylic acids is 1. The number of nitrogens with one attached hydrogen (secondary N) is 1. The smallest absolute Gasteiger partial charge is 0.257 e. The van der Waals surface area contributed by atoms with Gasteiger partial charge in [0.15, 0.2) is 5.65 Å². The summed E-state index contributed by atoms with van der Waals surface area (Å²) in [6, 6.07) is 0.708. The maximum Gasteiger partial charge on any atom is 0.257 e. The lowest BCUT2D eigenvalue weighted by Crippen LogP contribution is -2.48. The zero-order valence-corrected chi connectivity index (χ0v) is 14.4. The molecule has 0 radical (unpaired) electrons. The Morgan fingerprint density at radius 2 is 2.24 bits per heavy atom. The molecule has 2 atom stereocenters. The fraction of sp³-hybridized carbons (Fsp3) is 0.588. The van der Waals surface area contributed by atoms with Crippen molar-refractivity contribution in [1.82, 2.24) is 29.7 Å². The van der Waals surface area contributed by atoms with Crippen molar-refractivity contribution in [2.75, 3.05) is 39.8 Å². The number of piperazine rings is 1. The molecule has 1 amide bonds. The van der Waals surface area contributed by atoms with E-state index in [-0.39, 0.29) is 18.6 Å². The van der Waals surface area contributed by atoms with Crippen LogP contribution in [0.3, 0.4) is 0 Å². The topological polar surface area (TPSA) is 86.0 Å². The summed E-state index contributed by atoms with van der Waals surface area (Å²) < 4.78 is 1.60. The third-order valence-corrected chi connectivity index (χ3v) is 5.21. The third-order valence-electron chi connectivity index (χ3n) is 5.21. The third kappa shape index (κ3) is 3.24. The van der Waals surface area contributed by atoms with E-state index < -0.39 is 0 Å². The van der Waals surface area contributed by atoms with E-state index in [0.29, 0.717) is 23.7 Å². The van der Waals surface area contributed by atoms with Gasteiger partial charge in [-0.05, 0) is 25.5 Å². The highest BCUT2D eigenvalue weighted by atomic mass is 16.3. The minimum Gasteiger partial charge on any atom is -0.396 e. The molecule has 0 bridgehead atoms. The fourth-order valence-corrected chi connectivity index (χ4v) is 3.90. The average Bonchev–Trinajstić information content (AvgIpc) is 3.17. The molecule has 8 heteroatoms. The van der Waals surface area contributed by atoms with Crippen molar-refractivity contribution in [3.8, 4) is 0 Å². The van der Waals surface area contributed by atoms with E-state index >= 15 is 0 Å². The van der Waals surface area contributed by atoms with Gasteiger partial charge in [0.1, 0.15) is 5.56 Å². The molecule has 0 aliphatic carbocycles. The number of hydrogen-bond acceptors (Lipinski definition) is 6. The van der Waals surface area contributed by atoms with Crippen LogP contribution >= 0.6 is 0 Å². The van der Waals surface area contributed by atoms with Crippen LogP contribution in [0.1, 0.15) is 22.3 Å². The number of nitrogens with zero attached hydrogens (tertiary/aromatic N) is 5. The van der Waals surface area contributed by atoms with Gasteiger partial charge in [-0.25, -0.2) is 9.50 Å². The van der Waals surface area contributed by atoms with Crippen molar-refractivity contribution >= 4 is 11.6 Å². The summed E-state index contributed by atoms with van der Waals surface area (Å²) in [5, 5.41) is 16.4. The molecule has 0 saturated carbocycles. The molecule has 2 aromatic heterocycles. The summed E-state index contributed by atoms with van der Waals surface area (Å²) in [7, 11) is 2.15. The van der Waals surface area contributed by atoms with Crippen LogP contribution in [-0.2, 0) is 6.42 Å². The van der Waals surface area contributed by atoms with Crippen molar-refractivity contribution in [3.63, 3.8) is 0 Å². The van der Waals surface area contributed by atoms with Gasteiger partial charge in [-0.1, -0.05) is 0 Å². The lowest BCUT2D eigenvalue weighted by molar-refractivity contribution is 0.0938. The van der Waals surface area contributed by atoms with E-state index in [9.17, 15) is 4.79 Å². The van der Waals surface area contributed by atoms with Crippen LogP contribution in [0.15, 0.2) is 18.6 Å². The molecule has 0 unspecified atom stereocenters. The minimum absolute atomic E-state index is 0.0658. The standard InChI is InChI=1S/C17H24N6O2/c1-21-3-4-22-10-13(6-14(22)11-21)20-17(25)15-8-19-23-9-12(2-5-24)7-18-16(15)23/h7-9,13-14,24H,2-6,10-11H2,1H3,(H,20,25)/t13-,14-/m0/s1. The Morgan fingerprint density at radius 1 is 1.36 bits per heavy atom. The first-order chi connectivity index (χ1) is 12.1. The van der Waals surface area contributed by atoms with Gasteiger partial charge >= 0.3 is 0 Å². The monoisotopic (exact) mass is 344 g/mol. The van der Waals surface area contributed by atoms with Crippen molar-refractivity contribution in [3.05, 3.63) is 29.7 Å². The van der Waals surface area contributed by atoms with Crippen molar-refractivity contribution in [2.24, 2.45) is 0 Å². The normalized spacial score (nSPS) is 24.6. The summed E-state index contributed by atoms with van der Waals surface area (Å²) in [5.74, 6) is -0.115. The second kappa shape index (κ2) is 6.70. The first-order valence-electron chi connectivity index (χ1n) is 8.80. The Bertz CT molecular complexity index is 776. The van der Waals surface area contributed by atoms with Crippen molar-refractivity contribution in [2.45, 2.75) is 24.9 Å². The van der Waals surface area contributed by atoms with Crippen LogP contribution in [-0.4, -0.2) is 87.3 Å². The van der Waals surface area contributed by atoms with E-state index in [1.165, 1.54) is 0 Å². The molecule has 4 rings (SSSR count). The second-order valence-corrected chi connectivity index (χ2v) is 7.08. The lowest BCUT2D eigenvalue weighted by Gasteiger charge is -2.34. The first-order valence-corrected chi connectivity index (χ1v) is 8.80. The van der Waals surface area contributed by atoms with Gasteiger partial charge in [0, 0.05) is 57.3 Å². The molecule has 2 fully saturated rings. The molecule has 2 N–H and O–H groups in total. The highest BCUT2D eigenvalue weighted by Gasteiger charge is 2.36. The van der Waals surface area contributed by atoms with Crippen LogP contribution in [0.5, 0.6) is 0 Å². The van der Waals surface area contributed by atoms with Gasteiger partial charge in [-0.2, -0.15) is 5.10 Å². The number of hydrogen-bond donors (Lipinski definition) is 2. The van der Waals surface area contributed by atoms with Crippen LogP contribution in [0.25, 0.3) is 5.65 Å². The van der Waals surface area contributed by atoms with Gasteiger partial charge in [0.05, 0.1) is 6.20 Å². The van der Waals surface area contributed by atoms with E-state index in [1.54, 1.807) is 23.1 Å². The first kappa shape index (κ1) is 16.4. The molecule has 25 heavy (non-hydrogen) atoms. The number of fused-ring (bicyclic) bond motifs is 2. The number of aromatic nitrogens is 3. The van der Waals surface area contributed by atoms with Crippen molar-refractivity contribution in [1.29, 1.82) is 0 Å². The summed E-state index contributed by atoms with van der Waals surface area (Å²) >= 11 is 0. The predicted molar refractivity (Wildman–Crippen MR) is 92.5 cm³/mol. The number of aliphatic hydroxyl groups excluding tert-OH is 1. The predicted octanol–water partition coefficient (Wildman–Crippen LogP) is -0.618. The molecule has 134 valence electrons. The Balaban J connectivity index is 1.45. The minimum atomic E-state index is -0.115. The Hall–Kier alpha value is -2.03. The summed E-state index contributed by atoms with van der Waals surface area (Å²) in [6.07, 6.45) is 6.58. The van der Waals surface area contributed by atoms with Gasteiger partial charge in [0.2, 0.25) is 0 Å². The van der Waals surface area contributed by atoms with Crippen molar-refractivity contribution < 1.29 is 9.90 Å². The number of rotatable bonds is 4. The largest absolute Gasteiger partial charge is 0.396 e. The highest BCUT2D eigenvalue weighted by molar-refractivity contribution is 5.99. The highest BCUT2D eigenvalue weighted by Crippen LogP contribution is 2.22. The summed E-state index contributed by atoms with van der Waals surface area (Å²) in [6.45, 7) is 4.21.